The summed E-state index contributed by atoms with van der Waals surface area (Å²) in [6.07, 6.45) is 1.36. The van der Waals surface area contributed by atoms with Gasteiger partial charge in [0, 0.05) is 11.3 Å². The van der Waals surface area contributed by atoms with E-state index in [9.17, 15) is 9.59 Å². The highest BCUT2D eigenvalue weighted by atomic mass is 35.5. The molecule has 0 heterocycles. The molecule has 26 heavy (non-hydrogen) atoms. The minimum atomic E-state index is -0.941. The molecule has 1 atom stereocenters. The standard InChI is InChI=1S/C18H17Cl2N3O3/c1-11(17(24)22-13-6-8-14(26-2)9-7-13)18(25)23-21-10-12-4-3-5-15(19)16(12)20/h3-11H,1-2H3,(H,22,24)(H,23,25). The van der Waals surface area contributed by atoms with Crippen molar-refractivity contribution in [3.05, 3.63) is 58.1 Å². The summed E-state index contributed by atoms with van der Waals surface area (Å²) in [6.45, 7) is 1.48. The van der Waals surface area contributed by atoms with Crippen molar-refractivity contribution >= 4 is 46.9 Å². The van der Waals surface area contributed by atoms with E-state index in [1.165, 1.54) is 13.1 Å². The van der Waals surface area contributed by atoms with Gasteiger partial charge in [-0.2, -0.15) is 5.10 Å². The van der Waals surface area contributed by atoms with Crippen LogP contribution in [0.4, 0.5) is 5.69 Å². The molecule has 0 radical (unpaired) electrons. The van der Waals surface area contributed by atoms with E-state index in [1.807, 2.05) is 0 Å². The third kappa shape index (κ3) is 5.21. The maximum atomic E-state index is 12.1. The third-order valence-corrected chi connectivity index (χ3v) is 4.34. The van der Waals surface area contributed by atoms with Crippen LogP contribution in [0.5, 0.6) is 5.75 Å². The zero-order valence-electron chi connectivity index (χ0n) is 14.1. The van der Waals surface area contributed by atoms with Gasteiger partial charge in [0.05, 0.1) is 23.4 Å². The highest BCUT2D eigenvalue weighted by Gasteiger charge is 2.21. The second-order valence-corrected chi connectivity index (χ2v) is 6.10. The zero-order valence-corrected chi connectivity index (χ0v) is 15.6. The Balaban J connectivity index is 1.92. The molecule has 0 aliphatic carbocycles. The molecule has 1 unspecified atom stereocenters. The molecule has 136 valence electrons. The number of halogens is 2. The van der Waals surface area contributed by atoms with Crippen LogP contribution in [0.3, 0.4) is 0 Å². The number of ether oxygens (including phenoxy) is 1. The molecule has 0 saturated heterocycles. The Kier molecular flexibility index (Phi) is 7.00. The molecule has 2 rings (SSSR count). The van der Waals surface area contributed by atoms with Crippen LogP contribution in [0.2, 0.25) is 10.0 Å². The van der Waals surface area contributed by atoms with Gasteiger partial charge >= 0.3 is 0 Å². The fraction of sp³-hybridized carbons (Fsp3) is 0.167. The lowest BCUT2D eigenvalue weighted by Gasteiger charge is -2.11. The van der Waals surface area contributed by atoms with Gasteiger partial charge in [0.15, 0.2) is 0 Å². The topological polar surface area (TPSA) is 79.8 Å². The lowest BCUT2D eigenvalue weighted by atomic mass is 10.1. The van der Waals surface area contributed by atoms with E-state index in [2.05, 4.69) is 15.8 Å². The van der Waals surface area contributed by atoms with Crippen LogP contribution in [0, 0.1) is 5.92 Å². The van der Waals surface area contributed by atoms with E-state index >= 15 is 0 Å². The van der Waals surface area contributed by atoms with Gasteiger partial charge in [0.2, 0.25) is 5.91 Å². The van der Waals surface area contributed by atoms with Crippen LogP contribution in [-0.4, -0.2) is 25.1 Å². The normalized spacial score (nSPS) is 11.8. The smallest absolute Gasteiger partial charge is 0.252 e. The van der Waals surface area contributed by atoms with Crippen LogP contribution in [0.25, 0.3) is 0 Å². The minimum Gasteiger partial charge on any atom is -0.497 e. The molecule has 8 heteroatoms. The average molecular weight is 394 g/mol. The Hall–Kier alpha value is -2.57. The maximum Gasteiger partial charge on any atom is 0.252 e. The Morgan fingerprint density at radius 2 is 1.81 bits per heavy atom. The van der Waals surface area contributed by atoms with Crippen molar-refractivity contribution in [3.63, 3.8) is 0 Å². The van der Waals surface area contributed by atoms with Crippen LogP contribution < -0.4 is 15.5 Å². The summed E-state index contributed by atoms with van der Waals surface area (Å²) in [7, 11) is 1.55. The predicted octanol–water partition coefficient (Wildman–Crippen LogP) is 3.73. The van der Waals surface area contributed by atoms with Crippen LogP contribution in [0.1, 0.15) is 12.5 Å². The highest BCUT2D eigenvalue weighted by Crippen LogP contribution is 2.24. The van der Waals surface area contributed by atoms with Gasteiger partial charge in [0.1, 0.15) is 11.7 Å². The molecule has 2 amide bonds. The Morgan fingerprint density at radius 1 is 1.12 bits per heavy atom. The maximum absolute atomic E-state index is 12.1. The largest absolute Gasteiger partial charge is 0.497 e. The Labute approximate surface area is 161 Å². The molecule has 2 aromatic carbocycles. The number of amides is 2. The van der Waals surface area contributed by atoms with E-state index in [1.54, 1.807) is 49.6 Å². The van der Waals surface area contributed by atoms with Gasteiger partial charge in [-0.05, 0) is 37.3 Å². The SMILES string of the molecule is COc1ccc(NC(=O)C(C)C(=O)NN=Cc2cccc(Cl)c2Cl)cc1. The van der Waals surface area contributed by atoms with Crippen molar-refractivity contribution in [2.24, 2.45) is 11.0 Å². The van der Waals surface area contributed by atoms with Crippen molar-refractivity contribution in [1.29, 1.82) is 0 Å². The van der Waals surface area contributed by atoms with E-state index < -0.39 is 17.7 Å². The molecule has 0 bridgehead atoms. The first-order valence-corrected chi connectivity index (χ1v) is 8.40. The van der Waals surface area contributed by atoms with Crippen molar-refractivity contribution in [1.82, 2.24) is 5.43 Å². The number of hydrazone groups is 1. The van der Waals surface area contributed by atoms with E-state index in [-0.39, 0.29) is 0 Å². The van der Waals surface area contributed by atoms with Crippen LogP contribution >= 0.6 is 23.2 Å². The molecule has 0 aliphatic heterocycles. The van der Waals surface area contributed by atoms with Crippen molar-refractivity contribution < 1.29 is 14.3 Å². The molecular formula is C18H17Cl2N3O3. The summed E-state index contributed by atoms with van der Waals surface area (Å²) in [6, 6.07) is 11.8. The lowest BCUT2D eigenvalue weighted by molar-refractivity contribution is -0.131. The summed E-state index contributed by atoms with van der Waals surface area (Å²) in [5, 5.41) is 7.18. The van der Waals surface area contributed by atoms with Gasteiger partial charge in [-0.25, -0.2) is 5.43 Å². The lowest BCUT2D eigenvalue weighted by Crippen LogP contribution is -2.34. The fourth-order valence-corrected chi connectivity index (χ4v) is 2.28. The van der Waals surface area contributed by atoms with Crippen LogP contribution in [-0.2, 0) is 9.59 Å². The molecule has 6 nitrogen and oxygen atoms in total. The molecule has 0 aromatic heterocycles. The Morgan fingerprint density at radius 3 is 2.46 bits per heavy atom. The zero-order chi connectivity index (χ0) is 19.1. The fourth-order valence-electron chi connectivity index (χ4n) is 1.93. The summed E-state index contributed by atoms with van der Waals surface area (Å²) in [5.41, 5.74) is 3.42. The third-order valence-electron chi connectivity index (χ3n) is 3.50. The molecule has 2 aromatic rings. The van der Waals surface area contributed by atoms with Crippen molar-refractivity contribution in [2.45, 2.75) is 6.92 Å². The number of carbonyl (C=O) groups is 2. The van der Waals surface area contributed by atoms with E-state index in [0.29, 0.717) is 27.0 Å². The monoisotopic (exact) mass is 393 g/mol. The quantitative estimate of drug-likeness (QED) is 0.445. The van der Waals surface area contributed by atoms with E-state index in [0.717, 1.165) is 0 Å². The van der Waals surface area contributed by atoms with Gasteiger partial charge in [-0.15, -0.1) is 0 Å². The summed E-state index contributed by atoms with van der Waals surface area (Å²) >= 11 is 11.9. The van der Waals surface area contributed by atoms with Gasteiger partial charge in [-0.3, -0.25) is 9.59 Å². The minimum absolute atomic E-state index is 0.331. The van der Waals surface area contributed by atoms with Gasteiger partial charge in [-0.1, -0.05) is 35.3 Å². The first-order valence-electron chi connectivity index (χ1n) is 7.64. The molecule has 0 saturated carbocycles. The molecule has 0 aliphatic rings. The average Bonchev–Trinajstić information content (AvgIpc) is 2.65. The number of nitrogens with one attached hydrogen (secondary N) is 2. The summed E-state index contributed by atoms with van der Waals surface area (Å²) in [4.78, 5) is 24.2. The first-order chi connectivity index (χ1) is 12.4. The first kappa shape index (κ1) is 19.8. The number of anilines is 1. The van der Waals surface area contributed by atoms with Crippen molar-refractivity contribution in [2.75, 3.05) is 12.4 Å². The number of hydrogen-bond acceptors (Lipinski definition) is 4. The van der Waals surface area contributed by atoms with Gasteiger partial charge < -0.3 is 10.1 Å². The summed E-state index contributed by atoms with van der Waals surface area (Å²) < 4.78 is 5.05. The number of hydrogen-bond donors (Lipinski definition) is 2. The highest BCUT2D eigenvalue weighted by molar-refractivity contribution is 6.43. The molecular weight excluding hydrogens is 377 g/mol. The Bertz CT molecular complexity index is 823. The van der Waals surface area contributed by atoms with E-state index in [4.69, 9.17) is 27.9 Å². The number of rotatable bonds is 6. The number of nitrogens with zero attached hydrogens (tertiary/aromatic N) is 1. The molecule has 0 spiro atoms. The second kappa shape index (κ2) is 9.22. The summed E-state index contributed by atoms with van der Waals surface area (Å²) in [5.74, 6) is -1.28. The van der Waals surface area contributed by atoms with Crippen LogP contribution in [0.15, 0.2) is 47.6 Å². The number of benzene rings is 2. The number of carbonyl (C=O) groups excluding carboxylic acids is 2. The predicted molar refractivity (Wildman–Crippen MR) is 103 cm³/mol. The van der Waals surface area contributed by atoms with Gasteiger partial charge in [0.25, 0.3) is 5.91 Å². The second-order valence-electron chi connectivity index (χ2n) is 5.32. The number of methoxy groups -OCH3 is 1. The molecule has 0 fully saturated rings. The van der Waals surface area contributed by atoms with Crippen molar-refractivity contribution in [3.8, 4) is 5.75 Å². The molecule has 2 N–H and O–H groups in total.